The minimum absolute atomic E-state index is 0.0390. The summed E-state index contributed by atoms with van der Waals surface area (Å²) in [7, 11) is 1.53. The minimum atomic E-state index is -4.54. The van der Waals surface area contributed by atoms with Gasteiger partial charge in [-0.25, -0.2) is 4.68 Å². The van der Waals surface area contributed by atoms with Gasteiger partial charge in [0.15, 0.2) is 5.82 Å². The molecule has 0 bridgehead atoms. The minimum Gasteiger partial charge on any atom is -0.497 e. The molecular formula is C20H16F3N5O3. The van der Waals surface area contributed by atoms with E-state index in [1.54, 1.807) is 24.3 Å². The van der Waals surface area contributed by atoms with Crippen LogP contribution >= 0.6 is 0 Å². The Labute approximate surface area is 174 Å². The number of anilines is 2. The zero-order chi connectivity index (χ0) is 22.2. The Kier molecular flexibility index (Phi) is 5.09. The number of carbonyl (C=O) groups is 2. The summed E-state index contributed by atoms with van der Waals surface area (Å²) >= 11 is 0. The smallest absolute Gasteiger partial charge is 0.416 e. The Bertz CT molecular complexity index is 1140. The van der Waals surface area contributed by atoms with E-state index in [9.17, 15) is 22.8 Å². The van der Waals surface area contributed by atoms with E-state index < -0.39 is 29.6 Å². The summed E-state index contributed by atoms with van der Waals surface area (Å²) in [5.74, 6) is -0.144. The van der Waals surface area contributed by atoms with E-state index in [4.69, 9.17) is 4.74 Å². The standard InChI is InChI=1S/C20H16F3N5O3/c1-31-14-7-5-11(6-8-14)17-26-19-25-16(29)10-15(28(19)27-17)18(30)24-13-4-2-3-12(9-13)20(21,22)23/h2-9,15H,10H2,1H3,(H,24,30)(H,25,26,27,29)/t15-/m0/s1. The van der Waals surface area contributed by atoms with Crippen molar-refractivity contribution < 1.29 is 27.5 Å². The second-order valence-corrected chi connectivity index (χ2v) is 6.77. The maximum atomic E-state index is 12.9. The molecule has 2 N–H and O–H groups in total. The average molecular weight is 431 g/mol. The molecular weight excluding hydrogens is 415 g/mol. The number of aromatic nitrogens is 3. The number of hydrogen-bond donors (Lipinski definition) is 2. The zero-order valence-corrected chi connectivity index (χ0v) is 16.1. The van der Waals surface area contributed by atoms with Crippen LogP contribution in [0.3, 0.4) is 0 Å². The van der Waals surface area contributed by atoms with E-state index in [1.165, 1.54) is 23.9 Å². The van der Waals surface area contributed by atoms with E-state index in [-0.39, 0.29) is 23.9 Å². The zero-order valence-electron chi connectivity index (χ0n) is 16.1. The van der Waals surface area contributed by atoms with Crippen molar-refractivity contribution in [3.8, 4) is 17.1 Å². The monoisotopic (exact) mass is 431 g/mol. The molecule has 8 nitrogen and oxygen atoms in total. The maximum Gasteiger partial charge on any atom is 0.416 e. The summed E-state index contributed by atoms with van der Waals surface area (Å²) in [6, 6.07) is 10.1. The van der Waals surface area contributed by atoms with Crippen LogP contribution in [0.5, 0.6) is 5.75 Å². The van der Waals surface area contributed by atoms with Crippen molar-refractivity contribution in [2.45, 2.75) is 18.6 Å². The van der Waals surface area contributed by atoms with Gasteiger partial charge in [-0.15, -0.1) is 5.10 Å². The lowest BCUT2D eigenvalue weighted by atomic mass is 10.1. The topological polar surface area (TPSA) is 98.1 Å². The molecule has 4 rings (SSSR count). The quantitative estimate of drug-likeness (QED) is 0.659. The largest absolute Gasteiger partial charge is 0.497 e. The van der Waals surface area contributed by atoms with Gasteiger partial charge in [-0.1, -0.05) is 6.07 Å². The molecule has 1 aliphatic rings. The van der Waals surface area contributed by atoms with E-state index in [2.05, 4.69) is 20.7 Å². The third kappa shape index (κ3) is 4.20. The molecule has 11 heteroatoms. The fourth-order valence-corrected chi connectivity index (χ4v) is 3.13. The van der Waals surface area contributed by atoms with Gasteiger partial charge < -0.3 is 10.1 Å². The summed E-state index contributed by atoms with van der Waals surface area (Å²) in [6.07, 6.45) is -4.78. The van der Waals surface area contributed by atoms with Crippen LogP contribution in [0.2, 0.25) is 0 Å². The number of alkyl halides is 3. The highest BCUT2D eigenvalue weighted by atomic mass is 19.4. The first-order chi connectivity index (χ1) is 14.7. The highest BCUT2D eigenvalue weighted by molar-refractivity contribution is 6.00. The fourth-order valence-electron chi connectivity index (χ4n) is 3.13. The van der Waals surface area contributed by atoms with Crippen LogP contribution in [0, 0.1) is 0 Å². The van der Waals surface area contributed by atoms with Crippen LogP contribution in [0.25, 0.3) is 11.4 Å². The predicted octanol–water partition coefficient (Wildman–Crippen LogP) is 3.49. The van der Waals surface area contributed by atoms with E-state index >= 15 is 0 Å². The lowest BCUT2D eigenvalue weighted by Crippen LogP contribution is -2.36. The highest BCUT2D eigenvalue weighted by Gasteiger charge is 2.34. The third-order valence-corrected chi connectivity index (χ3v) is 4.66. The third-order valence-electron chi connectivity index (χ3n) is 4.66. The highest BCUT2D eigenvalue weighted by Crippen LogP contribution is 2.32. The molecule has 0 fully saturated rings. The summed E-state index contributed by atoms with van der Waals surface area (Å²) in [6.45, 7) is 0. The molecule has 2 heterocycles. The van der Waals surface area contributed by atoms with Gasteiger partial charge in [0.25, 0.3) is 0 Å². The number of rotatable bonds is 4. The van der Waals surface area contributed by atoms with Crippen molar-refractivity contribution in [1.29, 1.82) is 0 Å². The van der Waals surface area contributed by atoms with Crippen molar-refractivity contribution in [2.75, 3.05) is 17.7 Å². The number of methoxy groups -OCH3 is 1. The van der Waals surface area contributed by atoms with Gasteiger partial charge in [-0.2, -0.15) is 18.2 Å². The fraction of sp³-hybridized carbons (Fsp3) is 0.200. The molecule has 1 aromatic heterocycles. The van der Waals surface area contributed by atoms with Crippen LogP contribution in [-0.2, 0) is 15.8 Å². The molecule has 1 aliphatic heterocycles. The van der Waals surface area contributed by atoms with Gasteiger partial charge in [-0.05, 0) is 42.5 Å². The molecule has 0 saturated carbocycles. The summed E-state index contributed by atoms with van der Waals surface area (Å²) in [5.41, 5.74) is -0.299. The average Bonchev–Trinajstić information content (AvgIpc) is 3.16. The summed E-state index contributed by atoms with van der Waals surface area (Å²) in [5, 5.41) is 9.29. The van der Waals surface area contributed by atoms with Crippen LogP contribution in [0.15, 0.2) is 48.5 Å². The number of carbonyl (C=O) groups excluding carboxylic acids is 2. The second kappa shape index (κ2) is 7.74. The van der Waals surface area contributed by atoms with Crippen LogP contribution in [0.1, 0.15) is 18.0 Å². The summed E-state index contributed by atoms with van der Waals surface area (Å²) < 4.78 is 45.1. The molecule has 0 aliphatic carbocycles. The number of benzene rings is 2. The number of amides is 2. The molecule has 0 unspecified atom stereocenters. The van der Waals surface area contributed by atoms with E-state index in [0.717, 1.165) is 12.1 Å². The van der Waals surface area contributed by atoms with E-state index in [0.29, 0.717) is 11.3 Å². The number of hydrogen-bond acceptors (Lipinski definition) is 5. The van der Waals surface area contributed by atoms with Gasteiger partial charge in [0.1, 0.15) is 11.8 Å². The van der Waals surface area contributed by atoms with Gasteiger partial charge in [-0.3, -0.25) is 14.9 Å². The van der Waals surface area contributed by atoms with Gasteiger partial charge in [0.05, 0.1) is 19.1 Å². The van der Waals surface area contributed by atoms with Crippen molar-refractivity contribution in [1.82, 2.24) is 14.8 Å². The van der Waals surface area contributed by atoms with Crippen molar-refractivity contribution in [3.63, 3.8) is 0 Å². The lowest BCUT2D eigenvalue weighted by molar-refractivity contribution is -0.137. The normalized spacial score (nSPS) is 15.7. The SMILES string of the molecule is COc1ccc(-c2nc3n(n2)[C@H](C(=O)Nc2cccc(C(F)(F)F)c2)CC(=O)N3)cc1. The number of ether oxygens (including phenoxy) is 1. The first kappa shape index (κ1) is 20.4. The van der Waals surface area contributed by atoms with Crippen LogP contribution in [-0.4, -0.2) is 33.7 Å². The van der Waals surface area contributed by atoms with Crippen LogP contribution < -0.4 is 15.4 Å². The Morgan fingerprint density at radius 1 is 1.23 bits per heavy atom. The number of nitrogens with zero attached hydrogens (tertiary/aromatic N) is 3. The Morgan fingerprint density at radius 3 is 2.65 bits per heavy atom. The first-order valence-corrected chi connectivity index (χ1v) is 9.13. The molecule has 3 aromatic rings. The van der Waals surface area contributed by atoms with Crippen molar-refractivity contribution in [2.24, 2.45) is 0 Å². The first-order valence-electron chi connectivity index (χ1n) is 9.13. The van der Waals surface area contributed by atoms with Gasteiger partial charge >= 0.3 is 6.18 Å². The van der Waals surface area contributed by atoms with Gasteiger partial charge in [0, 0.05) is 11.3 Å². The van der Waals surface area contributed by atoms with E-state index in [1.807, 2.05) is 0 Å². The number of halogens is 3. The molecule has 0 spiro atoms. The predicted molar refractivity (Wildman–Crippen MR) is 104 cm³/mol. The van der Waals surface area contributed by atoms with Gasteiger partial charge in [0.2, 0.25) is 17.8 Å². The number of fused-ring (bicyclic) bond motifs is 1. The van der Waals surface area contributed by atoms with Crippen molar-refractivity contribution >= 4 is 23.5 Å². The molecule has 31 heavy (non-hydrogen) atoms. The molecule has 2 amide bonds. The van der Waals surface area contributed by atoms with Crippen molar-refractivity contribution in [3.05, 3.63) is 54.1 Å². The second-order valence-electron chi connectivity index (χ2n) is 6.77. The Hall–Kier alpha value is -3.89. The molecule has 160 valence electrons. The molecule has 0 radical (unpaired) electrons. The Morgan fingerprint density at radius 2 is 1.97 bits per heavy atom. The maximum absolute atomic E-state index is 12.9. The summed E-state index contributed by atoms with van der Waals surface area (Å²) in [4.78, 5) is 29.1. The lowest BCUT2D eigenvalue weighted by Gasteiger charge is -2.22. The Balaban J connectivity index is 1.61. The van der Waals surface area contributed by atoms with Crippen LogP contribution in [0.4, 0.5) is 24.8 Å². The molecule has 2 aromatic carbocycles. The molecule has 1 atom stereocenters. The molecule has 0 saturated heterocycles. The number of nitrogens with one attached hydrogen (secondary N) is 2.